The van der Waals surface area contributed by atoms with Gasteiger partial charge >= 0.3 is 35.5 Å². The summed E-state index contributed by atoms with van der Waals surface area (Å²) in [5, 5.41) is 10.5. The van der Waals surface area contributed by atoms with Crippen molar-refractivity contribution in [1.82, 2.24) is 0 Å². The van der Waals surface area contributed by atoms with E-state index in [4.69, 9.17) is 10.5 Å². The van der Waals surface area contributed by atoms with Crippen molar-refractivity contribution in [2.45, 2.75) is 122 Å². The number of carbonyl (C=O) groups is 3. The third kappa shape index (κ3) is 18.1. The number of ketones is 1. The van der Waals surface area contributed by atoms with Crippen molar-refractivity contribution in [3.63, 3.8) is 0 Å². The van der Waals surface area contributed by atoms with Gasteiger partial charge in [0.25, 0.3) is 0 Å². The molecular formula is C22H40NNaO5. The van der Waals surface area contributed by atoms with E-state index in [0.717, 1.165) is 32.1 Å². The Bertz CT molecular complexity index is 445. The van der Waals surface area contributed by atoms with Crippen molar-refractivity contribution in [3.8, 4) is 0 Å². The van der Waals surface area contributed by atoms with Crippen molar-refractivity contribution in [2.24, 2.45) is 5.73 Å². The zero-order valence-corrected chi connectivity index (χ0v) is 20.9. The molecule has 0 aromatic carbocycles. The van der Waals surface area contributed by atoms with Gasteiger partial charge in [0.05, 0.1) is 0 Å². The Balaban J connectivity index is 0. The average molecular weight is 422 g/mol. The maximum atomic E-state index is 12.5. The Morgan fingerprint density at radius 2 is 1.31 bits per heavy atom. The standard InChI is InChI=1S/C22H41NO5.Na/c1-3-5-7-8-9-10-11-12-13-14-19(24)20(15-6-4-2)28-22(27)18(23)16-17-21(25)26;/h18,20H,3-17,23H2,1-2H3,(H,25,26);/q;+1/p-1/t18-,20?;/m0./s1. The largest absolute Gasteiger partial charge is 1.00 e. The van der Waals surface area contributed by atoms with E-state index >= 15 is 0 Å². The minimum Gasteiger partial charge on any atom is -0.550 e. The molecule has 0 rings (SSSR count). The summed E-state index contributed by atoms with van der Waals surface area (Å²) >= 11 is 0. The molecule has 0 saturated carbocycles. The number of carbonyl (C=O) groups excluding carboxylic acids is 3. The summed E-state index contributed by atoms with van der Waals surface area (Å²) in [4.78, 5) is 35.0. The van der Waals surface area contributed by atoms with E-state index in [1.165, 1.54) is 38.5 Å². The molecule has 0 aromatic heterocycles. The van der Waals surface area contributed by atoms with E-state index in [2.05, 4.69) is 6.92 Å². The van der Waals surface area contributed by atoms with E-state index < -0.39 is 24.1 Å². The Kier molecular flexibility index (Phi) is 22.1. The number of Topliss-reactive ketones (excluding diaryl/α,β-unsaturated/α-hetero) is 1. The van der Waals surface area contributed by atoms with Crippen LogP contribution in [0.1, 0.15) is 110 Å². The minimum absolute atomic E-state index is 0. The molecule has 0 amide bonds. The smallest absolute Gasteiger partial charge is 0.550 e. The number of unbranched alkanes of at least 4 members (excludes halogenated alkanes) is 9. The zero-order valence-electron chi connectivity index (χ0n) is 18.9. The number of aliphatic carboxylic acids is 1. The van der Waals surface area contributed by atoms with Gasteiger partial charge in [0, 0.05) is 12.4 Å². The summed E-state index contributed by atoms with van der Waals surface area (Å²) in [5.74, 6) is -2.02. The number of esters is 1. The molecule has 0 heterocycles. The molecule has 0 radical (unpaired) electrons. The maximum Gasteiger partial charge on any atom is 1.00 e. The average Bonchev–Trinajstić information content (AvgIpc) is 2.67. The fourth-order valence-electron chi connectivity index (χ4n) is 3.06. The van der Waals surface area contributed by atoms with Crippen LogP contribution in [0.5, 0.6) is 0 Å². The molecule has 0 saturated heterocycles. The molecule has 164 valence electrons. The van der Waals surface area contributed by atoms with Gasteiger partial charge in [-0.2, -0.15) is 0 Å². The Hall–Kier alpha value is -0.430. The number of nitrogens with two attached hydrogens (primary N) is 1. The second kappa shape index (κ2) is 20.8. The summed E-state index contributed by atoms with van der Waals surface area (Å²) in [6, 6.07) is -1.04. The first-order valence-corrected chi connectivity index (χ1v) is 11.1. The van der Waals surface area contributed by atoms with Crippen LogP contribution in [0, 0.1) is 0 Å². The van der Waals surface area contributed by atoms with Crippen LogP contribution < -0.4 is 40.4 Å². The molecule has 0 aliphatic heterocycles. The molecule has 2 N–H and O–H groups in total. The van der Waals surface area contributed by atoms with E-state index in [9.17, 15) is 19.5 Å². The van der Waals surface area contributed by atoms with Gasteiger partial charge in [-0.1, -0.05) is 71.6 Å². The van der Waals surface area contributed by atoms with Crippen LogP contribution in [-0.4, -0.2) is 29.9 Å². The summed E-state index contributed by atoms with van der Waals surface area (Å²) in [5.41, 5.74) is 5.66. The second-order valence-electron chi connectivity index (χ2n) is 7.63. The molecular weight excluding hydrogens is 381 g/mol. The molecule has 1 unspecified atom stereocenters. The summed E-state index contributed by atoms with van der Waals surface area (Å²) in [6.07, 6.45) is 12.1. The van der Waals surface area contributed by atoms with E-state index in [-0.39, 0.29) is 48.2 Å². The van der Waals surface area contributed by atoms with E-state index in [0.29, 0.717) is 12.8 Å². The van der Waals surface area contributed by atoms with Gasteiger partial charge in [-0.05, 0) is 32.1 Å². The van der Waals surface area contributed by atoms with E-state index in [1.807, 2.05) is 6.92 Å². The normalized spacial score (nSPS) is 12.7. The fraction of sp³-hybridized carbons (Fsp3) is 0.864. The number of hydrogen-bond acceptors (Lipinski definition) is 6. The molecule has 6 nitrogen and oxygen atoms in total. The number of rotatable bonds is 19. The topological polar surface area (TPSA) is 110 Å². The molecule has 0 bridgehead atoms. The Labute approximate surface area is 199 Å². The van der Waals surface area contributed by atoms with Gasteiger partial charge < -0.3 is 20.4 Å². The van der Waals surface area contributed by atoms with Gasteiger partial charge in [0.15, 0.2) is 11.9 Å². The Morgan fingerprint density at radius 1 is 0.793 bits per heavy atom. The van der Waals surface area contributed by atoms with Crippen LogP contribution in [-0.2, 0) is 19.1 Å². The number of carboxylic acids is 1. The predicted molar refractivity (Wildman–Crippen MR) is 108 cm³/mol. The summed E-state index contributed by atoms with van der Waals surface area (Å²) < 4.78 is 5.31. The maximum absolute atomic E-state index is 12.5. The molecule has 0 spiro atoms. The van der Waals surface area contributed by atoms with Gasteiger partial charge in [-0.3, -0.25) is 9.59 Å². The third-order valence-corrected chi connectivity index (χ3v) is 4.93. The molecule has 0 fully saturated rings. The molecule has 29 heavy (non-hydrogen) atoms. The van der Waals surface area contributed by atoms with Crippen molar-refractivity contribution in [2.75, 3.05) is 0 Å². The van der Waals surface area contributed by atoms with Crippen molar-refractivity contribution < 1.29 is 53.8 Å². The predicted octanol–water partition coefficient (Wildman–Crippen LogP) is 0.440. The van der Waals surface area contributed by atoms with E-state index in [1.54, 1.807) is 0 Å². The molecule has 2 atom stereocenters. The molecule has 0 aliphatic carbocycles. The van der Waals surface area contributed by atoms with Crippen molar-refractivity contribution in [3.05, 3.63) is 0 Å². The first-order chi connectivity index (χ1) is 13.4. The molecule has 0 aliphatic rings. The van der Waals surface area contributed by atoms with Crippen molar-refractivity contribution in [1.29, 1.82) is 0 Å². The first-order valence-electron chi connectivity index (χ1n) is 11.1. The van der Waals surface area contributed by atoms with Gasteiger partial charge in [0.2, 0.25) is 0 Å². The minimum atomic E-state index is -1.26. The van der Waals surface area contributed by atoms with Gasteiger partial charge in [-0.25, -0.2) is 0 Å². The van der Waals surface area contributed by atoms with Crippen LogP contribution in [0.2, 0.25) is 0 Å². The number of carboxylic acid groups (broad SMARTS) is 1. The van der Waals surface area contributed by atoms with Gasteiger partial charge in [-0.15, -0.1) is 0 Å². The summed E-state index contributed by atoms with van der Waals surface area (Å²) in [6.45, 7) is 4.22. The number of hydrogen-bond donors (Lipinski definition) is 1. The van der Waals surface area contributed by atoms with Crippen LogP contribution >= 0.6 is 0 Å². The first kappa shape index (κ1) is 30.8. The monoisotopic (exact) mass is 421 g/mol. The SMILES string of the molecule is CCCCCCCCCCCC(=O)C(CCCC)OC(=O)[C@@H](N)CCC(=O)[O-].[Na+]. The summed E-state index contributed by atoms with van der Waals surface area (Å²) in [7, 11) is 0. The second-order valence-corrected chi connectivity index (χ2v) is 7.63. The van der Waals surface area contributed by atoms with Crippen LogP contribution in [0.3, 0.4) is 0 Å². The quantitative estimate of drug-likeness (QED) is 0.184. The molecule has 7 heteroatoms. The molecule has 0 aromatic rings. The van der Waals surface area contributed by atoms with Crippen LogP contribution in [0.15, 0.2) is 0 Å². The van der Waals surface area contributed by atoms with Gasteiger partial charge in [0.1, 0.15) is 6.04 Å². The number of ether oxygens (including phenoxy) is 1. The van der Waals surface area contributed by atoms with Crippen molar-refractivity contribution >= 4 is 17.7 Å². The van der Waals surface area contributed by atoms with Crippen LogP contribution in [0.25, 0.3) is 0 Å². The fourth-order valence-corrected chi connectivity index (χ4v) is 3.06. The Morgan fingerprint density at radius 3 is 1.83 bits per heavy atom. The zero-order chi connectivity index (χ0) is 21.2. The van der Waals surface area contributed by atoms with Crippen LogP contribution in [0.4, 0.5) is 0 Å². The third-order valence-electron chi connectivity index (χ3n) is 4.93.